The molecule has 1 N–H and O–H groups in total. The summed E-state index contributed by atoms with van der Waals surface area (Å²) in [5.74, 6) is -0.600. The molecule has 88 valence electrons. The molecule has 0 saturated carbocycles. The van der Waals surface area contributed by atoms with E-state index in [4.69, 9.17) is 5.11 Å². The molecule has 0 aromatic heterocycles. The first-order chi connectivity index (χ1) is 7.68. The van der Waals surface area contributed by atoms with Crippen molar-refractivity contribution >= 4 is 11.9 Å². The number of carbonyl (C=O) groups is 2. The minimum Gasteiger partial charge on any atom is -0.481 e. The van der Waals surface area contributed by atoms with Gasteiger partial charge in [0.25, 0.3) is 0 Å². The van der Waals surface area contributed by atoms with E-state index in [2.05, 4.69) is 0 Å². The molecule has 0 spiro atoms. The number of carbonyl (C=O) groups excluding carboxylic acids is 1. The Morgan fingerprint density at radius 1 is 1.31 bits per heavy atom. The first-order valence-corrected chi connectivity index (χ1v) is 5.85. The van der Waals surface area contributed by atoms with E-state index in [0.29, 0.717) is 0 Å². The number of amides is 1. The first kappa shape index (κ1) is 11.2. The van der Waals surface area contributed by atoms with Gasteiger partial charge in [-0.3, -0.25) is 9.59 Å². The number of rotatable bonds is 3. The van der Waals surface area contributed by atoms with Crippen LogP contribution < -0.4 is 0 Å². The van der Waals surface area contributed by atoms with Crippen molar-refractivity contribution in [3.63, 3.8) is 0 Å². The van der Waals surface area contributed by atoms with E-state index in [1.807, 2.05) is 12.2 Å². The van der Waals surface area contributed by atoms with Gasteiger partial charge in [-0.25, -0.2) is 0 Å². The zero-order chi connectivity index (χ0) is 11.5. The van der Waals surface area contributed by atoms with Crippen LogP contribution >= 0.6 is 0 Å². The van der Waals surface area contributed by atoms with Gasteiger partial charge >= 0.3 is 5.97 Å². The highest BCUT2D eigenvalue weighted by atomic mass is 16.4. The van der Waals surface area contributed by atoms with Crippen LogP contribution in [-0.2, 0) is 9.59 Å². The van der Waals surface area contributed by atoms with Crippen LogP contribution in [0.25, 0.3) is 0 Å². The van der Waals surface area contributed by atoms with E-state index < -0.39 is 5.97 Å². The van der Waals surface area contributed by atoms with Gasteiger partial charge in [-0.15, -0.1) is 0 Å². The third-order valence-corrected chi connectivity index (χ3v) is 3.43. The fraction of sp³-hybridized carbons (Fsp3) is 0.667. The lowest BCUT2D eigenvalue weighted by molar-refractivity contribution is -0.141. The molecule has 1 heterocycles. The van der Waals surface area contributed by atoms with Crippen molar-refractivity contribution in [2.24, 2.45) is 5.92 Å². The molecule has 1 aliphatic carbocycles. The van der Waals surface area contributed by atoms with E-state index in [-0.39, 0.29) is 24.3 Å². The Bertz CT molecular complexity index is 316. The summed E-state index contributed by atoms with van der Waals surface area (Å²) in [7, 11) is 0. The van der Waals surface area contributed by atoms with Crippen molar-refractivity contribution < 1.29 is 14.7 Å². The molecule has 2 aliphatic rings. The second kappa shape index (κ2) is 4.68. The van der Waals surface area contributed by atoms with Crippen LogP contribution in [0.4, 0.5) is 0 Å². The Balaban J connectivity index is 1.96. The van der Waals surface area contributed by atoms with E-state index >= 15 is 0 Å². The minimum atomic E-state index is -0.811. The summed E-state index contributed by atoms with van der Waals surface area (Å²) in [6.07, 6.45) is 7.55. The van der Waals surface area contributed by atoms with Crippen molar-refractivity contribution in [2.45, 2.75) is 38.1 Å². The number of likely N-dealkylation sites (tertiary alicyclic amines) is 1. The lowest BCUT2D eigenvalue weighted by Crippen LogP contribution is -2.40. The standard InChI is InChI=1S/C12H17NO3/c14-11(15)8-10-6-3-7-13(10)12(16)9-4-1-2-5-9/h1-2,9-10H,3-8H2,(H,14,15). The number of carboxylic acids is 1. The van der Waals surface area contributed by atoms with Crippen LogP contribution in [0.3, 0.4) is 0 Å². The van der Waals surface area contributed by atoms with Gasteiger partial charge < -0.3 is 10.0 Å². The molecule has 1 atom stereocenters. The summed E-state index contributed by atoms with van der Waals surface area (Å²) in [5.41, 5.74) is 0. The van der Waals surface area contributed by atoms with Crippen molar-refractivity contribution in [2.75, 3.05) is 6.54 Å². The quantitative estimate of drug-likeness (QED) is 0.736. The number of hydrogen-bond donors (Lipinski definition) is 1. The number of carboxylic acid groups (broad SMARTS) is 1. The molecule has 2 rings (SSSR count). The van der Waals surface area contributed by atoms with E-state index in [9.17, 15) is 9.59 Å². The lowest BCUT2D eigenvalue weighted by atomic mass is 10.0. The van der Waals surface area contributed by atoms with Gasteiger partial charge in [-0.05, 0) is 25.7 Å². The monoisotopic (exact) mass is 223 g/mol. The van der Waals surface area contributed by atoms with Crippen molar-refractivity contribution in [1.82, 2.24) is 4.90 Å². The molecule has 1 unspecified atom stereocenters. The third-order valence-electron chi connectivity index (χ3n) is 3.43. The first-order valence-electron chi connectivity index (χ1n) is 5.85. The summed E-state index contributed by atoms with van der Waals surface area (Å²) in [6, 6.07) is -0.0781. The topological polar surface area (TPSA) is 57.6 Å². The zero-order valence-electron chi connectivity index (χ0n) is 9.26. The zero-order valence-corrected chi connectivity index (χ0v) is 9.26. The predicted octanol–water partition coefficient (Wildman–Crippen LogP) is 1.42. The van der Waals surface area contributed by atoms with Gasteiger partial charge in [-0.1, -0.05) is 12.2 Å². The molecular formula is C12H17NO3. The summed E-state index contributed by atoms with van der Waals surface area (Å²) in [5, 5.41) is 8.79. The Labute approximate surface area is 94.9 Å². The van der Waals surface area contributed by atoms with Gasteiger partial charge in [0.1, 0.15) is 0 Å². The number of aliphatic carboxylic acids is 1. The SMILES string of the molecule is O=C(O)CC1CCCN1C(=O)C1CC=CC1. The number of hydrogen-bond acceptors (Lipinski definition) is 2. The second-order valence-electron chi connectivity index (χ2n) is 4.57. The molecule has 4 heteroatoms. The molecule has 1 saturated heterocycles. The summed E-state index contributed by atoms with van der Waals surface area (Å²) in [6.45, 7) is 0.729. The number of allylic oxidation sites excluding steroid dienone is 2. The molecule has 1 aliphatic heterocycles. The molecule has 0 bridgehead atoms. The largest absolute Gasteiger partial charge is 0.481 e. The average Bonchev–Trinajstić information content (AvgIpc) is 2.84. The van der Waals surface area contributed by atoms with Crippen LogP contribution in [0.2, 0.25) is 0 Å². The van der Waals surface area contributed by atoms with E-state index in [1.54, 1.807) is 4.90 Å². The van der Waals surface area contributed by atoms with Gasteiger partial charge in [0.2, 0.25) is 5.91 Å². The van der Waals surface area contributed by atoms with Gasteiger partial charge in [0.15, 0.2) is 0 Å². The summed E-state index contributed by atoms with van der Waals surface area (Å²) < 4.78 is 0. The lowest BCUT2D eigenvalue weighted by Gasteiger charge is -2.26. The number of nitrogens with zero attached hydrogens (tertiary/aromatic N) is 1. The molecule has 16 heavy (non-hydrogen) atoms. The maximum absolute atomic E-state index is 12.1. The maximum atomic E-state index is 12.1. The molecule has 0 aromatic rings. The maximum Gasteiger partial charge on any atom is 0.305 e. The van der Waals surface area contributed by atoms with Crippen LogP contribution in [0.5, 0.6) is 0 Å². The van der Waals surface area contributed by atoms with Crippen LogP contribution in [0.1, 0.15) is 32.1 Å². The normalized spacial score (nSPS) is 25.2. The Morgan fingerprint density at radius 3 is 2.62 bits per heavy atom. The van der Waals surface area contributed by atoms with Crippen molar-refractivity contribution in [1.29, 1.82) is 0 Å². The molecule has 0 aromatic carbocycles. The molecule has 1 fully saturated rings. The Kier molecular flexibility index (Phi) is 3.27. The van der Waals surface area contributed by atoms with Crippen molar-refractivity contribution in [3.05, 3.63) is 12.2 Å². The van der Waals surface area contributed by atoms with Crippen LogP contribution in [0, 0.1) is 5.92 Å². The predicted molar refractivity (Wildman–Crippen MR) is 58.9 cm³/mol. The highest BCUT2D eigenvalue weighted by molar-refractivity contribution is 5.81. The minimum absolute atomic E-state index is 0.0643. The van der Waals surface area contributed by atoms with Crippen LogP contribution in [0.15, 0.2) is 12.2 Å². The Hall–Kier alpha value is -1.32. The smallest absolute Gasteiger partial charge is 0.305 e. The molecular weight excluding hydrogens is 206 g/mol. The molecule has 1 amide bonds. The molecule has 4 nitrogen and oxygen atoms in total. The van der Waals surface area contributed by atoms with Crippen LogP contribution in [-0.4, -0.2) is 34.5 Å². The summed E-state index contributed by atoms with van der Waals surface area (Å²) >= 11 is 0. The fourth-order valence-corrected chi connectivity index (χ4v) is 2.59. The van der Waals surface area contributed by atoms with Crippen molar-refractivity contribution in [3.8, 4) is 0 Å². The van der Waals surface area contributed by atoms with Gasteiger partial charge in [0.05, 0.1) is 6.42 Å². The fourth-order valence-electron chi connectivity index (χ4n) is 2.59. The van der Waals surface area contributed by atoms with E-state index in [1.165, 1.54) is 0 Å². The highest BCUT2D eigenvalue weighted by Crippen LogP contribution is 2.27. The molecule has 0 radical (unpaired) electrons. The van der Waals surface area contributed by atoms with Gasteiger partial charge in [0, 0.05) is 18.5 Å². The third kappa shape index (κ3) is 2.26. The highest BCUT2D eigenvalue weighted by Gasteiger charge is 2.34. The Morgan fingerprint density at radius 2 is 2.00 bits per heavy atom. The van der Waals surface area contributed by atoms with Gasteiger partial charge in [-0.2, -0.15) is 0 Å². The second-order valence-corrected chi connectivity index (χ2v) is 4.57. The average molecular weight is 223 g/mol. The van der Waals surface area contributed by atoms with E-state index in [0.717, 1.165) is 32.2 Å². The summed E-state index contributed by atoms with van der Waals surface area (Å²) in [4.78, 5) is 24.6.